The molecule has 2 atom stereocenters. The molecule has 0 aromatic heterocycles. The molecular weight excluding hydrogens is 462 g/mol. The summed E-state index contributed by atoms with van der Waals surface area (Å²) in [6.07, 6.45) is 4.60. The number of methoxy groups -OCH3 is 1. The minimum atomic E-state index is -1.32. The average molecular weight is 496 g/mol. The number of nitrogens with zero attached hydrogens (tertiary/aromatic N) is 1. The fourth-order valence-corrected chi connectivity index (χ4v) is 3.42. The molecule has 36 heavy (non-hydrogen) atoms. The van der Waals surface area contributed by atoms with Crippen molar-refractivity contribution in [2.75, 3.05) is 25.6 Å². The second-order valence-electron chi connectivity index (χ2n) is 8.89. The van der Waals surface area contributed by atoms with Gasteiger partial charge in [-0.25, -0.2) is 4.79 Å². The number of nitrogens with one attached hydrogen (secondary N) is 2. The van der Waals surface area contributed by atoms with Crippen LogP contribution in [0.4, 0.5) is 10.5 Å². The normalized spacial score (nSPS) is 12.5. The zero-order valence-electron chi connectivity index (χ0n) is 21.2. The van der Waals surface area contributed by atoms with Crippen molar-refractivity contribution in [1.82, 2.24) is 10.2 Å². The molecule has 3 amide bonds. The third kappa shape index (κ3) is 7.75. The summed E-state index contributed by atoms with van der Waals surface area (Å²) in [6.45, 7) is 6.17. The molecule has 0 saturated carbocycles. The average Bonchev–Trinajstić information content (AvgIpc) is 2.84. The Labute approximate surface area is 211 Å². The van der Waals surface area contributed by atoms with E-state index in [0.717, 1.165) is 0 Å². The number of carbonyl (C=O) groups excluding carboxylic acids is 3. The van der Waals surface area contributed by atoms with Crippen molar-refractivity contribution < 1.29 is 29.0 Å². The van der Waals surface area contributed by atoms with Gasteiger partial charge in [-0.3, -0.25) is 9.59 Å². The van der Waals surface area contributed by atoms with Crippen molar-refractivity contribution in [3.8, 4) is 18.1 Å². The fraction of sp³-hybridized carbons (Fsp3) is 0.370. The number of benzene rings is 2. The lowest BCUT2D eigenvalue weighted by molar-refractivity contribution is -0.141. The highest BCUT2D eigenvalue weighted by molar-refractivity contribution is 5.99. The van der Waals surface area contributed by atoms with Gasteiger partial charge < -0.3 is 30.1 Å². The number of terminal acetylenes is 1. The van der Waals surface area contributed by atoms with Crippen molar-refractivity contribution in [1.29, 1.82) is 0 Å². The molecule has 0 fully saturated rings. The summed E-state index contributed by atoms with van der Waals surface area (Å²) < 4.78 is 10.4. The monoisotopic (exact) mass is 495 g/mol. The van der Waals surface area contributed by atoms with E-state index in [9.17, 15) is 19.5 Å². The van der Waals surface area contributed by atoms with Gasteiger partial charge in [0.25, 0.3) is 5.91 Å². The van der Waals surface area contributed by atoms with Crippen LogP contribution in [0.2, 0.25) is 0 Å². The Morgan fingerprint density at radius 1 is 1.08 bits per heavy atom. The number of hydrogen-bond acceptors (Lipinski definition) is 6. The predicted molar refractivity (Wildman–Crippen MR) is 136 cm³/mol. The predicted octanol–water partition coefficient (Wildman–Crippen LogP) is 3.09. The summed E-state index contributed by atoms with van der Waals surface area (Å²) in [7, 11) is 1.54. The van der Waals surface area contributed by atoms with Gasteiger partial charge in [0, 0.05) is 17.8 Å². The van der Waals surface area contributed by atoms with Gasteiger partial charge in [-0.1, -0.05) is 18.1 Å². The van der Waals surface area contributed by atoms with Crippen LogP contribution in [0.3, 0.4) is 0 Å². The van der Waals surface area contributed by atoms with Crippen molar-refractivity contribution in [3.05, 3.63) is 59.7 Å². The maximum atomic E-state index is 13.5. The Balaban J connectivity index is 2.39. The number of likely N-dealkylation sites (N-methyl/N-ethyl adjacent to an activating group) is 1. The lowest BCUT2D eigenvalue weighted by atomic mass is 10.0. The molecule has 9 nitrogen and oxygen atoms in total. The molecular formula is C27H33N3O6. The number of carbonyl (C=O) groups is 3. The largest absolute Gasteiger partial charge is 0.497 e. The van der Waals surface area contributed by atoms with Crippen molar-refractivity contribution in [2.24, 2.45) is 0 Å². The summed E-state index contributed by atoms with van der Waals surface area (Å²) in [4.78, 5) is 40.5. The topological polar surface area (TPSA) is 117 Å². The van der Waals surface area contributed by atoms with Crippen LogP contribution >= 0.6 is 0 Å². The minimum absolute atomic E-state index is 0.114. The van der Waals surface area contributed by atoms with E-state index in [2.05, 4.69) is 16.6 Å². The Bertz CT molecular complexity index is 1080. The van der Waals surface area contributed by atoms with Crippen LogP contribution in [0, 0.1) is 12.3 Å². The molecule has 0 spiro atoms. The van der Waals surface area contributed by atoms with E-state index in [-0.39, 0.29) is 6.54 Å². The van der Waals surface area contributed by atoms with Crippen LogP contribution < -0.4 is 15.4 Å². The number of rotatable bonds is 9. The number of amides is 3. The van der Waals surface area contributed by atoms with Gasteiger partial charge in [0.15, 0.2) is 0 Å². The highest BCUT2D eigenvalue weighted by Gasteiger charge is 2.35. The van der Waals surface area contributed by atoms with Crippen LogP contribution in [-0.2, 0) is 14.3 Å². The van der Waals surface area contributed by atoms with Crippen molar-refractivity contribution in [3.63, 3.8) is 0 Å². The molecule has 0 saturated heterocycles. The first kappa shape index (κ1) is 28.2. The van der Waals surface area contributed by atoms with E-state index < -0.39 is 42.2 Å². The maximum Gasteiger partial charge on any atom is 0.408 e. The Morgan fingerprint density at radius 3 is 2.17 bits per heavy atom. The Kier molecular flexibility index (Phi) is 9.88. The summed E-state index contributed by atoms with van der Waals surface area (Å²) in [5.41, 5.74) is 0.823. The number of ether oxygens (including phenoxy) is 2. The lowest BCUT2D eigenvalue weighted by Gasteiger charge is -2.33. The number of anilines is 1. The highest BCUT2D eigenvalue weighted by Crippen LogP contribution is 2.25. The van der Waals surface area contributed by atoms with E-state index in [1.165, 1.54) is 12.0 Å². The second kappa shape index (κ2) is 12.6. The number of alkyl carbamates (subject to hydrolysis) is 1. The Hall–Kier alpha value is -4.03. The standard InChI is InChI=1S/C27H33N3O6/c1-7-18-9-11-19(12-10-18)23(24(32)28-20-13-15-21(35-6)16-14-20)30(8-2)25(33)22(17-31)29-26(34)36-27(3,4)5/h1,9-16,22-23,31H,8,17H2,2-6H3,(H,28,32)(H,29,34). The van der Waals surface area contributed by atoms with Crippen LogP contribution in [0.5, 0.6) is 5.75 Å². The molecule has 192 valence electrons. The summed E-state index contributed by atoms with van der Waals surface area (Å²) >= 11 is 0. The molecule has 2 rings (SSSR count). The molecule has 9 heteroatoms. The molecule has 2 unspecified atom stereocenters. The van der Waals surface area contributed by atoms with Gasteiger partial charge >= 0.3 is 6.09 Å². The lowest BCUT2D eigenvalue weighted by Crippen LogP contribution is -2.53. The smallest absolute Gasteiger partial charge is 0.408 e. The van der Waals surface area contributed by atoms with E-state index in [4.69, 9.17) is 15.9 Å². The third-order valence-corrected chi connectivity index (χ3v) is 5.11. The zero-order chi connectivity index (χ0) is 26.9. The molecule has 3 N–H and O–H groups in total. The van der Waals surface area contributed by atoms with Crippen LogP contribution in [0.1, 0.15) is 44.9 Å². The van der Waals surface area contributed by atoms with E-state index >= 15 is 0 Å². The molecule has 0 aliphatic carbocycles. The SMILES string of the molecule is C#Cc1ccc(C(C(=O)Nc2ccc(OC)cc2)N(CC)C(=O)C(CO)NC(=O)OC(C)(C)C)cc1. The van der Waals surface area contributed by atoms with Gasteiger partial charge in [0.05, 0.1) is 13.7 Å². The number of hydrogen-bond donors (Lipinski definition) is 3. The molecule has 0 bridgehead atoms. The Morgan fingerprint density at radius 2 is 1.69 bits per heavy atom. The van der Waals surface area contributed by atoms with Gasteiger partial charge in [0.1, 0.15) is 23.4 Å². The zero-order valence-corrected chi connectivity index (χ0v) is 21.2. The van der Waals surface area contributed by atoms with Gasteiger partial charge in [-0.05, 0) is 69.7 Å². The third-order valence-electron chi connectivity index (χ3n) is 5.11. The fourth-order valence-electron chi connectivity index (χ4n) is 3.42. The van der Waals surface area contributed by atoms with Crippen molar-refractivity contribution in [2.45, 2.75) is 45.4 Å². The van der Waals surface area contributed by atoms with Gasteiger partial charge in [-0.2, -0.15) is 0 Å². The number of aliphatic hydroxyl groups excluding tert-OH is 1. The van der Waals surface area contributed by atoms with E-state index in [1.807, 2.05) is 0 Å². The summed E-state index contributed by atoms with van der Waals surface area (Å²) in [6, 6.07) is 11.0. The van der Waals surface area contributed by atoms with Crippen molar-refractivity contribution >= 4 is 23.6 Å². The second-order valence-corrected chi connectivity index (χ2v) is 8.89. The minimum Gasteiger partial charge on any atom is -0.497 e. The number of aliphatic hydroxyl groups is 1. The molecule has 0 radical (unpaired) electrons. The first-order valence-corrected chi connectivity index (χ1v) is 11.4. The van der Waals surface area contributed by atoms with Crippen LogP contribution in [-0.4, -0.2) is 59.8 Å². The van der Waals surface area contributed by atoms with Crippen LogP contribution in [0.25, 0.3) is 0 Å². The summed E-state index contributed by atoms with van der Waals surface area (Å²) in [5.74, 6) is 2.00. The quantitative estimate of drug-likeness (QED) is 0.460. The molecule has 0 heterocycles. The molecule has 2 aromatic carbocycles. The maximum absolute atomic E-state index is 13.5. The molecule has 0 aliphatic rings. The van der Waals surface area contributed by atoms with Gasteiger partial charge in [-0.15, -0.1) is 6.42 Å². The van der Waals surface area contributed by atoms with E-state index in [1.54, 1.807) is 76.2 Å². The van der Waals surface area contributed by atoms with E-state index in [0.29, 0.717) is 22.6 Å². The first-order chi connectivity index (χ1) is 17.0. The van der Waals surface area contributed by atoms with Crippen LogP contribution in [0.15, 0.2) is 48.5 Å². The van der Waals surface area contributed by atoms with Gasteiger partial charge in [0.2, 0.25) is 5.91 Å². The highest BCUT2D eigenvalue weighted by atomic mass is 16.6. The first-order valence-electron chi connectivity index (χ1n) is 11.4. The molecule has 2 aromatic rings. The summed E-state index contributed by atoms with van der Waals surface area (Å²) in [5, 5.41) is 15.1. The molecule has 0 aliphatic heterocycles.